The van der Waals surface area contributed by atoms with Crippen molar-refractivity contribution in [2.75, 3.05) is 6.61 Å². The topological polar surface area (TPSA) is 120 Å². The Morgan fingerprint density at radius 1 is 0.881 bits per heavy atom. The van der Waals surface area contributed by atoms with Crippen molar-refractivity contribution in [2.24, 2.45) is 0 Å². The van der Waals surface area contributed by atoms with Crippen molar-refractivity contribution in [3.63, 3.8) is 0 Å². The lowest BCUT2D eigenvalue weighted by Crippen LogP contribution is -2.36. The van der Waals surface area contributed by atoms with Crippen molar-refractivity contribution in [2.45, 2.75) is 82.3 Å². The number of sulfone groups is 1. The Balaban J connectivity index is 1.69. The summed E-state index contributed by atoms with van der Waals surface area (Å²) in [5, 5.41) is 4.05. The van der Waals surface area contributed by atoms with E-state index in [9.17, 15) is 31.2 Å². The molecule has 3 aromatic rings. The van der Waals surface area contributed by atoms with E-state index in [-0.39, 0.29) is 19.7 Å². The SMILES string of the molecule is CCCCCCCCc1noc(-c2ccc(CN(Cc3ccc(S(=O)(=O)C(F)(F)F)cc3)C(=O)C(=O)OCC)cc2)n1. The predicted octanol–water partition coefficient (Wildman–Crippen LogP) is 6.03. The molecular weight excluding hydrogens is 575 g/mol. The lowest BCUT2D eigenvalue weighted by atomic mass is 10.1. The first-order valence-electron chi connectivity index (χ1n) is 13.7. The molecule has 0 N–H and O–H groups in total. The summed E-state index contributed by atoms with van der Waals surface area (Å²) in [4.78, 5) is 29.7. The maximum absolute atomic E-state index is 12.9. The van der Waals surface area contributed by atoms with Gasteiger partial charge in [0.1, 0.15) is 0 Å². The van der Waals surface area contributed by atoms with E-state index < -0.39 is 32.1 Å². The van der Waals surface area contributed by atoms with Crippen molar-refractivity contribution >= 4 is 21.7 Å². The number of hydrogen-bond donors (Lipinski definition) is 0. The molecule has 2 aromatic carbocycles. The number of alkyl halides is 3. The second-order valence-corrected chi connectivity index (χ2v) is 11.6. The minimum Gasteiger partial charge on any atom is -0.459 e. The van der Waals surface area contributed by atoms with Crippen LogP contribution >= 0.6 is 0 Å². The van der Waals surface area contributed by atoms with Gasteiger partial charge < -0.3 is 14.2 Å². The van der Waals surface area contributed by atoms with Crippen LogP contribution in [0.5, 0.6) is 0 Å². The molecule has 1 amide bonds. The van der Waals surface area contributed by atoms with E-state index in [4.69, 9.17) is 9.26 Å². The molecule has 0 bridgehead atoms. The Bertz CT molecular complexity index is 1420. The van der Waals surface area contributed by atoms with Crippen molar-refractivity contribution in [3.8, 4) is 11.5 Å². The van der Waals surface area contributed by atoms with Crippen LogP contribution in [0.3, 0.4) is 0 Å². The number of unbranched alkanes of at least 4 members (excludes halogenated alkanes) is 5. The molecule has 1 aromatic heterocycles. The number of aromatic nitrogens is 2. The Morgan fingerprint density at radius 2 is 1.45 bits per heavy atom. The van der Waals surface area contributed by atoms with Gasteiger partial charge in [-0.1, -0.05) is 68.4 Å². The number of amides is 1. The van der Waals surface area contributed by atoms with E-state index in [2.05, 4.69) is 17.1 Å². The minimum absolute atomic E-state index is 0.0257. The zero-order valence-corrected chi connectivity index (χ0v) is 24.3. The Morgan fingerprint density at radius 3 is 2.02 bits per heavy atom. The molecule has 3 rings (SSSR count). The van der Waals surface area contributed by atoms with Crippen LogP contribution in [0.15, 0.2) is 57.9 Å². The molecule has 0 spiro atoms. The van der Waals surface area contributed by atoms with Crippen LogP contribution in [0.1, 0.15) is 69.3 Å². The van der Waals surface area contributed by atoms with Gasteiger partial charge in [0.25, 0.3) is 15.7 Å². The molecule has 1 heterocycles. The molecule has 0 atom stereocenters. The van der Waals surface area contributed by atoms with E-state index in [0.717, 1.165) is 48.4 Å². The van der Waals surface area contributed by atoms with Crippen LogP contribution < -0.4 is 0 Å². The second kappa shape index (κ2) is 14.9. The number of hydrogen-bond acceptors (Lipinski definition) is 8. The van der Waals surface area contributed by atoms with Crippen LogP contribution in [0.4, 0.5) is 13.2 Å². The highest BCUT2D eigenvalue weighted by molar-refractivity contribution is 7.92. The number of rotatable bonds is 14. The highest BCUT2D eigenvalue weighted by atomic mass is 32.2. The highest BCUT2D eigenvalue weighted by Crippen LogP contribution is 2.30. The molecule has 0 saturated carbocycles. The third-order valence-corrected chi connectivity index (χ3v) is 7.95. The molecule has 0 aliphatic carbocycles. The first kappa shape index (κ1) is 32.8. The summed E-state index contributed by atoms with van der Waals surface area (Å²) in [5.41, 5.74) is -3.82. The van der Waals surface area contributed by atoms with Crippen molar-refractivity contribution in [3.05, 3.63) is 65.5 Å². The maximum atomic E-state index is 12.9. The van der Waals surface area contributed by atoms with Crippen LogP contribution in [0.25, 0.3) is 11.5 Å². The molecule has 0 unspecified atom stereocenters. The molecule has 0 aliphatic rings. The van der Waals surface area contributed by atoms with Gasteiger partial charge in [-0.15, -0.1) is 0 Å². The predicted molar refractivity (Wildman–Crippen MR) is 147 cm³/mol. The van der Waals surface area contributed by atoms with E-state index in [1.807, 2.05) is 0 Å². The maximum Gasteiger partial charge on any atom is 0.501 e. The van der Waals surface area contributed by atoms with Gasteiger partial charge in [-0.2, -0.15) is 18.2 Å². The smallest absolute Gasteiger partial charge is 0.459 e. The van der Waals surface area contributed by atoms with Gasteiger partial charge in [0, 0.05) is 25.1 Å². The molecule has 0 fully saturated rings. The Labute approximate surface area is 243 Å². The number of ether oxygens (including phenoxy) is 1. The molecular formula is C29H34F3N3O6S. The fraction of sp³-hybridized carbons (Fsp3) is 0.448. The summed E-state index contributed by atoms with van der Waals surface area (Å²) in [6, 6.07) is 10.9. The number of nitrogens with zero attached hydrogens (tertiary/aromatic N) is 3. The summed E-state index contributed by atoms with van der Waals surface area (Å²) < 4.78 is 72.1. The molecule has 0 saturated heterocycles. The van der Waals surface area contributed by atoms with E-state index in [1.165, 1.54) is 25.7 Å². The quantitative estimate of drug-likeness (QED) is 0.124. The largest absolute Gasteiger partial charge is 0.501 e. The fourth-order valence-electron chi connectivity index (χ4n) is 4.16. The normalized spacial score (nSPS) is 11.8. The van der Waals surface area contributed by atoms with Gasteiger partial charge in [0.05, 0.1) is 11.5 Å². The van der Waals surface area contributed by atoms with E-state index in [0.29, 0.717) is 28.4 Å². The molecule has 0 aliphatic heterocycles. The van der Waals surface area contributed by atoms with Gasteiger partial charge >= 0.3 is 17.4 Å². The average molecular weight is 610 g/mol. The van der Waals surface area contributed by atoms with Crippen LogP contribution in [-0.4, -0.2) is 47.5 Å². The van der Waals surface area contributed by atoms with Gasteiger partial charge in [-0.05, 0) is 48.7 Å². The Hall–Kier alpha value is -3.74. The second-order valence-electron chi connectivity index (χ2n) is 9.71. The van der Waals surface area contributed by atoms with Gasteiger partial charge in [0.2, 0.25) is 0 Å². The van der Waals surface area contributed by atoms with E-state index in [1.54, 1.807) is 31.2 Å². The number of halogens is 3. The first-order chi connectivity index (χ1) is 20.0. The molecule has 0 radical (unpaired) electrons. The monoisotopic (exact) mass is 609 g/mol. The third kappa shape index (κ3) is 8.88. The summed E-state index contributed by atoms with van der Waals surface area (Å²) >= 11 is 0. The summed E-state index contributed by atoms with van der Waals surface area (Å²) in [5.74, 6) is -1.06. The minimum atomic E-state index is -5.51. The lowest BCUT2D eigenvalue weighted by Gasteiger charge is -2.22. The third-order valence-electron chi connectivity index (χ3n) is 6.45. The molecule has 13 heteroatoms. The van der Waals surface area contributed by atoms with Crippen LogP contribution in [0, 0.1) is 0 Å². The summed E-state index contributed by atoms with van der Waals surface area (Å²) in [6.07, 6.45) is 7.65. The number of benzene rings is 2. The van der Waals surface area contributed by atoms with Gasteiger partial charge in [-0.25, -0.2) is 13.2 Å². The Kier molecular flexibility index (Phi) is 11.7. The number of carbonyl (C=O) groups excluding carboxylic acids is 2. The van der Waals surface area contributed by atoms with Gasteiger partial charge in [0.15, 0.2) is 5.82 Å². The lowest BCUT2D eigenvalue weighted by molar-refractivity contribution is -0.160. The molecule has 228 valence electrons. The zero-order chi connectivity index (χ0) is 30.8. The number of esters is 1. The van der Waals surface area contributed by atoms with E-state index >= 15 is 0 Å². The molecule has 42 heavy (non-hydrogen) atoms. The summed E-state index contributed by atoms with van der Waals surface area (Å²) in [7, 11) is -5.51. The van der Waals surface area contributed by atoms with Crippen LogP contribution in [0.2, 0.25) is 0 Å². The van der Waals surface area contributed by atoms with Crippen molar-refractivity contribution in [1.29, 1.82) is 0 Å². The van der Waals surface area contributed by atoms with Gasteiger partial charge in [-0.3, -0.25) is 4.79 Å². The van der Waals surface area contributed by atoms with Crippen molar-refractivity contribution < 1.29 is 40.4 Å². The molecule has 9 nitrogen and oxygen atoms in total. The van der Waals surface area contributed by atoms with Crippen molar-refractivity contribution in [1.82, 2.24) is 15.0 Å². The zero-order valence-electron chi connectivity index (χ0n) is 23.5. The highest BCUT2D eigenvalue weighted by Gasteiger charge is 2.46. The first-order valence-corrected chi connectivity index (χ1v) is 15.2. The van der Waals surface area contributed by atoms with Crippen LogP contribution in [-0.2, 0) is 43.7 Å². The average Bonchev–Trinajstić information content (AvgIpc) is 3.43. The fourth-order valence-corrected chi connectivity index (χ4v) is 4.92. The number of carbonyl (C=O) groups is 2. The summed E-state index contributed by atoms with van der Waals surface area (Å²) in [6.45, 7) is 3.48. The standard InChI is InChI=1S/C29H34F3N3O6S/c1-3-5-6-7-8-9-10-25-33-26(41-34-25)23-15-11-21(12-16-23)19-35(27(36)28(37)40-4-2)20-22-13-17-24(18-14-22)42(38,39)29(30,31)32/h11-18H,3-10,19-20H2,1-2H3. The number of aryl methyl sites for hydroxylation is 1.